The summed E-state index contributed by atoms with van der Waals surface area (Å²) in [5.74, 6) is -0.491. The first-order chi connectivity index (χ1) is 13.1. The molecular formula is C19H19F3N2O3S. The summed E-state index contributed by atoms with van der Waals surface area (Å²) in [6.45, 7) is -0.148. The van der Waals surface area contributed by atoms with Gasteiger partial charge in [0.1, 0.15) is 6.54 Å². The highest BCUT2D eigenvalue weighted by Crippen LogP contribution is 2.32. The van der Waals surface area contributed by atoms with Crippen LogP contribution in [-0.2, 0) is 27.4 Å². The van der Waals surface area contributed by atoms with E-state index in [9.17, 15) is 26.4 Å². The lowest BCUT2D eigenvalue weighted by Crippen LogP contribution is -2.44. The van der Waals surface area contributed by atoms with Gasteiger partial charge < -0.3 is 4.90 Å². The van der Waals surface area contributed by atoms with Crippen LogP contribution < -0.4 is 9.21 Å². The zero-order valence-corrected chi connectivity index (χ0v) is 15.9. The Morgan fingerprint density at radius 1 is 1.14 bits per heavy atom. The van der Waals surface area contributed by atoms with E-state index in [2.05, 4.69) is 0 Å². The molecule has 0 fully saturated rings. The van der Waals surface area contributed by atoms with E-state index in [1.807, 2.05) is 12.1 Å². The number of halogens is 3. The number of amides is 1. The third kappa shape index (κ3) is 4.30. The van der Waals surface area contributed by atoms with Crippen molar-refractivity contribution in [3.8, 4) is 0 Å². The average Bonchev–Trinajstić information content (AvgIpc) is 2.64. The molecule has 150 valence electrons. The van der Waals surface area contributed by atoms with E-state index in [4.69, 9.17) is 0 Å². The number of sulfonamides is 1. The van der Waals surface area contributed by atoms with Crippen molar-refractivity contribution in [2.45, 2.75) is 19.0 Å². The number of rotatable bonds is 4. The Kier molecular flexibility index (Phi) is 5.38. The smallest absolute Gasteiger partial charge is 0.311 e. The summed E-state index contributed by atoms with van der Waals surface area (Å²) in [4.78, 5) is 14.4. The molecule has 2 aromatic rings. The van der Waals surface area contributed by atoms with Crippen LogP contribution in [0.2, 0.25) is 0 Å². The number of carbonyl (C=O) groups excluding carboxylic acids is 1. The fourth-order valence-electron chi connectivity index (χ4n) is 3.24. The van der Waals surface area contributed by atoms with E-state index in [1.165, 1.54) is 11.0 Å². The van der Waals surface area contributed by atoms with Gasteiger partial charge in [0.15, 0.2) is 0 Å². The van der Waals surface area contributed by atoms with Gasteiger partial charge in [-0.3, -0.25) is 9.10 Å². The number of carbonyl (C=O) groups is 1. The van der Waals surface area contributed by atoms with Crippen molar-refractivity contribution < 1.29 is 26.4 Å². The standard InChI is InChI=1S/C19H19F3N2O3S/c1-28(26,27)24(16-9-4-8-15(12-16)19(20,21)22)13-18(25)23-11-5-7-14-6-2-3-10-17(14)23/h2-4,6,8-10,12H,5,7,11,13H2,1H3. The van der Waals surface area contributed by atoms with Gasteiger partial charge in [-0.2, -0.15) is 13.2 Å². The minimum absolute atomic E-state index is 0.198. The third-order valence-corrected chi connectivity index (χ3v) is 5.69. The molecule has 0 N–H and O–H groups in total. The number of hydrogen-bond donors (Lipinski definition) is 0. The molecule has 0 unspecified atom stereocenters. The summed E-state index contributed by atoms with van der Waals surface area (Å²) in [6, 6.07) is 11.3. The van der Waals surface area contributed by atoms with Crippen LogP contribution in [-0.4, -0.2) is 33.7 Å². The molecule has 9 heteroatoms. The van der Waals surface area contributed by atoms with Crippen LogP contribution >= 0.6 is 0 Å². The molecule has 0 atom stereocenters. The lowest BCUT2D eigenvalue weighted by molar-refractivity contribution is -0.137. The maximum Gasteiger partial charge on any atom is 0.416 e. The van der Waals surface area contributed by atoms with Gasteiger partial charge in [0.25, 0.3) is 0 Å². The van der Waals surface area contributed by atoms with Crippen molar-refractivity contribution >= 4 is 27.3 Å². The van der Waals surface area contributed by atoms with E-state index in [0.717, 1.165) is 42.9 Å². The van der Waals surface area contributed by atoms with Crippen molar-refractivity contribution in [1.29, 1.82) is 0 Å². The molecule has 2 aromatic carbocycles. The first kappa shape index (κ1) is 20.2. The molecule has 1 aliphatic rings. The van der Waals surface area contributed by atoms with E-state index in [1.54, 1.807) is 12.1 Å². The second kappa shape index (κ2) is 7.46. The van der Waals surface area contributed by atoms with Gasteiger partial charge >= 0.3 is 6.18 Å². The molecule has 0 bridgehead atoms. The average molecular weight is 412 g/mol. The van der Waals surface area contributed by atoms with Crippen LogP contribution in [0.4, 0.5) is 24.5 Å². The van der Waals surface area contributed by atoms with Crippen molar-refractivity contribution in [2.24, 2.45) is 0 Å². The summed E-state index contributed by atoms with van der Waals surface area (Å²) >= 11 is 0. The van der Waals surface area contributed by atoms with Crippen LogP contribution in [0.5, 0.6) is 0 Å². The molecule has 1 heterocycles. The molecule has 5 nitrogen and oxygen atoms in total. The molecule has 0 saturated heterocycles. The fourth-order valence-corrected chi connectivity index (χ4v) is 4.08. The Morgan fingerprint density at radius 3 is 2.54 bits per heavy atom. The van der Waals surface area contributed by atoms with E-state index >= 15 is 0 Å². The minimum atomic E-state index is -4.62. The number of para-hydroxylation sites is 1. The molecular weight excluding hydrogens is 393 g/mol. The van der Waals surface area contributed by atoms with Crippen LogP contribution in [0.3, 0.4) is 0 Å². The third-order valence-electron chi connectivity index (χ3n) is 4.55. The molecule has 1 aliphatic heterocycles. The number of hydrogen-bond acceptors (Lipinski definition) is 3. The first-order valence-corrected chi connectivity index (χ1v) is 10.5. The van der Waals surface area contributed by atoms with Gasteiger partial charge in [-0.1, -0.05) is 24.3 Å². The van der Waals surface area contributed by atoms with E-state index < -0.39 is 34.2 Å². The fraction of sp³-hybridized carbons (Fsp3) is 0.316. The first-order valence-electron chi connectivity index (χ1n) is 8.60. The van der Waals surface area contributed by atoms with Crippen LogP contribution in [0.15, 0.2) is 48.5 Å². The van der Waals surface area contributed by atoms with Gasteiger partial charge in [0.05, 0.1) is 17.5 Å². The molecule has 0 spiro atoms. The maximum absolute atomic E-state index is 13.0. The number of anilines is 2. The largest absolute Gasteiger partial charge is 0.416 e. The van der Waals surface area contributed by atoms with Gasteiger partial charge in [-0.25, -0.2) is 8.42 Å². The van der Waals surface area contributed by atoms with Gasteiger partial charge in [-0.15, -0.1) is 0 Å². The van der Waals surface area contributed by atoms with E-state index in [0.29, 0.717) is 16.5 Å². The number of aryl methyl sites for hydroxylation is 1. The van der Waals surface area contributed by atoms with Crippen molar-refractivity contribution in [3.63, 3.8) is 0 Å². The summed E-state index contributed by atoms with van der Waals surface area (Å²) < 4.78 is 64.2. The zero-order valence-electron chi connectivity index (χ0n) is 15.1. The number of fused-ring (bicyclic) bond motifs is 1. The Bertz CT molecular complexity index is 990. The Morgan fingerprint density at radius 2 is 1.86 bits per heavy atom. The van der Waals surface area contributed by atoms with Crippen molar-refractivity contribution in [1.82, 2.24) is 0 Å². The molecule has 0 radical (unpaired) electrons. The number of benzene rings is 2. The topological polar surface area (TPSA) is 57.7 Å². The Hall–Kier alpha value is -2.55. The van der Waals surface area contributed by atoms with E-state index in [-0.39, 0.29) is 5.69 Å². The predicted octanol–water partition coefficient (Wildman–Crippen LogP) is 3.45. The van der Waals surface area contributed by atoms with Gasteiger partial charge in [0.2, 0.25) is 15.9 Å². The summed E-state index contributed by atoms with van der Waals surface area (Å²) in [7, 11) is -3.97. The molecule has 0 aliphatic carbocycles. The van der Waals surface area contributed by atoms with Crippen LogP contribution in [0.25, 0.3) is 0 Å². The molecule has 0 aromatic heterocycles. The number of nitrogens with zero attached hydrogens (tertiary/aromatic N) is 2. The molecule has 3 rings (SSSR count). The minimum Gasteiger partial charge on any atom is -0.311 e. The monoisotopic (exact) mass is 412 g/mol. The predicted molar refractivity (Wildman–Crippen MR) is 101 cm³/mol. The lowest BCUT2D eigenvalue weighted by atomic mass is 10.0. The quantitative estimate of drug-likeness (QED) is 0.773. The summed E-state index contributed by atoms with van der Waals surface area (Å²) in [5, 5.41) is 0. The normalized spacial score (nSPS) is 14.5. The van der Waals surface area contributed by atoms with Gasteiger partial charge in [0, 0.05) is 12.2 Å². The molecule has 1 amide bonds. The molecule has 0 saturated carbocycles. The summed E-state index contributed by atoms with van der Waals surface area (Å²) in [5.41, 5.74) is 0.508. The Labute approximate surface area is 161 Å². The maximum atomic E-state index is 13.0. The highest BCUT2D eigenvalue weighted by molar-refractivity contribution is 7.92. The van der Waals surface area contributed by atoms with Crippen molar-refractivity contribution in [3.05, 3.63) is 59.7 Å². The zero-order chi connectivity index (χ0) is 20.5. The second-order valence-electron chi connectivity index (χ2n) is 6.60. The SMILES string of the molecule is CS(=O)(=O)N(CC(=O)N1CCCc2ccccc21)c1cccc(C(F)(F)F)c1. The number of alkyl halides is 3. The highest BCUT2D eigenvalue weighted by atomic mass is 32.2. The van der Waals surface area contributed by atoms with Crippen molar-refractivity contribution in [2.75, 3.05) is 28.6 Å². The second-order valence-corrected chi connectivity index (χ2v) is 8.50. The highest BCUT2D eigenvalue weighted by Gasteiger charge is 2.32. The summed E-state index contributed by atoms with van der Waals surface area (Å²) in [6.07, 6.45) is -2.21. The molecule has 28 heavy (non-hydrogen) atoms. The van der Waals surface area contributed by atoms with Gasteiger partial charge in [-0.05, 0) is 42.7 Å². The Balaban J connectivity index is 1.92. The van der Waals surface area contributed by atoms with Crippen LogP contribution in [0, 0.1) is 0 Å². The lowest BCUT2D eigenvalue weighted by Gasteiger charge is -2.32. The van der Waals surface area contributed by atoms with Crippen LogP contribution in [0.1, 0.15) is 17.5 Å².